The van der Waals surface area contributed by atoms with Crippen molar-refractivity contribution in [1.29, 1.82) is 0 Å². The van der Waals surface area contributed by atoms with Crippen LogP contribution in [-0.4, -0.2) is 25.9 Å². The van der Waals surface area contributed by atoms with Gasteiger partial charge in [-0.3, -0.25) is 4.79 Å². The first-order valence-corrected chi connectivity index (χ1v) is 6.39. The summed E-state index contributed by atoms with van der Waals surface area (Å²) in [4.78, 5) is 12.1. The fourth-order valence-corrected chi connectivity index (χ4v) is 1.68. The van der Waals surface area contributed by atoms with Crippen molar-refractivity contribution in [1.82, 2.24) is 5.32 Å². The fraction of sp³-hybridized carbons (Fsp3) is 0.417. The van der Waals surface area contributed by atoms with Crippen LogP contribution in [0, 0.1) is 0 Å². The van der Waals surface area contributed by atoms with E-state index in [1.165, 1.54) is 17.6 Å². The van der Waals surface area contributed by atoms with Crippen molar-refractivity contribution in [2.24, 2.45) is 0 Å². The third-order valence-corrected chi connectivity index (χ3v) is 2.97. The smallest absolute Gasteiger partial charge is 0.306 e. The van der Waals surface area contributed by atoms with Gasteiger partial charge in [-0.25, -0.2) is 0 Å². The summed E-state index contributed by atoms with van der Waals surface area (Å²) in [6.07, 6.45) is 2.48. The molecule has 0 aliphatic carbocycles. The minimum atomic E-state index is -0.176. The van der Waals surface area contributed by atoms with Gasteiger partial charge in [-0.2, -0.15) is 0 Å². The quantitative estimate of drug-likeness (QED) is 0.468. The molecule has 0 aliphatic heterocycles. The minimum Gasteiger partial charge on any atom is -0.469 e. The zero-order valence-corrected chi connectivity index (χ0v) is 10.5. The van der Waals surface area contributed by atoms with E-state index in [0.717, 1.165) is 6.54 Å². The lowest BCUT2D eigenvalue weighted by Crippen LogP contribution is -2.18. The highest BCUT2D eigenvalue weighted by Crippen LogP contribution is 2.14. The summed E-state index contributed by atoms with van der Waals surface area (Å²) < 4.78 is 4.55. The highest BCUT2D eigenvalue weighted by atomic mass is 32.2. The standard InChI is InChI=1S/C12H17NO2S/c1-15-12(14)7-8-13-9-10-3-5-11(16-2)6-4-10/h3-6,13H,7-9H2,1-2H3. The lowest BCUT2D eigenvalue weighted by molar-refractivity contribution is -0.140. The van der Waals surface area contributed by atoms with E-state index >= 15 is 0 Å². The third-order valence-electron chi connectivity index (χ3n) is 2.22. The van der Waals surface area contributed by atoms with Gasteiger partial charge in [-0.15, -0.1) is 11.8 Å². The number of thioether (sulfide) groups is 1. The van der Waals surface area contributed by atoms with Crippen molar-refractivity contribution >= 4 is 17.7 Å². The van der Waals surface area contributed by atoms with Crippen LogP contribution in [0.5, 0.6) is 0 Å². The second kappa shape index (κ2) is 7.30. The van der Waals surface area contributed by atoms with Gasteiger partial charge in [0.2, 0.25) is 0 Å². The summed E-state index contributed by atoms with van der Waals surface area (Å²) in [7, 11) is 1.41. The van der Waals surface area contributed by atoms with Gasteiger partial charge in [-0.1, -0.05) is 12.1 Å². The first-order chi connectivity index (χ1) is 7.76. The molecule has 0 bridgehead atoms. The predicted molar refractivity (Wildman–Crippen MR) is 66.6 cm³/mol. The molecule has 0 unspecified atom stereocenters. The first kappa shape index (κ1) is 13.1. The van der Waals surface area contributed by atoms with Gasteiger partial charge in [0.05, 0.1) is 13.5 Å². The maximum Gasteiger partial charge on any atom is 0.306 e. The van der Waals surface area contributed by atoms with Crippen molar-refractivity contribution in [2.75, 3.05) is 19.9 Å². The Bertz CT molecular complexity index is 324. The van der Waals surface area contributed by atoms with Crippen LogP contribution < -0.4 is 5.32 Å². The van der Waals surface area contributed by atoms with Gasteiger partial charge in [0.25, 0.3) is 0 Å². The van der Waals surface area contributed by atoms with Gasteiger partial charge in [-0.05, 0) is 24.0 Å². The van der Waals surface area contributed by atoms with Crippen LogP contribution in [0.4, 0.5) is 0 Å². The van der Waals surface area contributed by atoms with Crippen molar-refractivity contribution in [3.8, 4) is 0 Å². The second-order valence-corrected chi connectivity index (χ2v) is 4.23. The third kappa shape index (κ3) is 4.68. The molecule has 1 aromatic carbocycles. The monoisotopic (exact) mass is 239 g/mol. The topological polar surface area (TPSA) is 38.3 Å². The van der Waals surface area contributed by atoms with Crippen LogP contribution >= 0.6 is 11.8 Å². The average molecular weight is 239 g/mol. The summed E-state index contributed by atoms with van der Waals surface area (Å²) in [6.45, 7) is 1.43. The lowest BCUT2D eigenvalue weighted by Gasteiger charge is -2.04. The Labute approximate surface area is 101 Å². The van der Waals surface area contributed by atoms with Crippen LogP contribution in [0.1, 0.15) is 12.0 Å². The van der Waals surface area contributed by atoms with E-state index in [2.05, 4.69) is 40.6 Å². The largest absolute Gasteiger partial charge is 0.469 e. The van der Waals surface area contributed by atoms with Crippen molar-refractivity contribution in [3.05, 3.63) is 29.8 Å². The van der Waals surface area contributed by atoms with E-state index < -0.39 is 0 Å². The number of hydrogen-bond acceptors (Lipinski definition) is 4. The number of esters is 1. The number of rotatable bonds is 6. The summed E-state index contributed by atoms with van der Waals surface area (Å²) in [5, 5.41) is 3.20. The second-order valence-electron chi connectivity index (χ2n) is 3.35. The molecule has 0 aliphatic rings. The maximum absolute atomic E-state index is 10.8. The normalized spacial score (nSPS) is 10.1. The van der Waals surface area contributed by atoms with E-state index in [4.69, 9.17) is 0 Å². The number of hydrogen-bond donors (Lipinski definition) is 1. The Morgan fingerprint density at radius 1 is 1.38 bits per heavy atom. The molecule has 0 radical (unpaired) electrons. The highest BCUT2D eigenvalue weighted by molar-refractivity contribution is 7.98. The number of carbonyl (C=O) groups excluding carboxylic acids is 1. The zero-order valence-electron chi connectivity index (χ0n) is 9.66. The van der Waals surface area contributed by atoms with Gasteiger partial charge < -0.3 is 10.1 Å². The molecule has 3 nitrogen and oxygen atoms in total. The Morgan fingerprint density at radius 3 is 2.62 bits per heavy atom. The van der Waals surface area contributed by atoms with Crippen molar-refractivity contribution in [2.45, 2.75) is 17.9 Å². The molecule has 0 fully saturated rings. The molecule has 0 saturated carbocycles. The Kier molecular flexibility index (Phi) is 5.96. The van der Waals surface area contributed by atoms with Crippen molar-refractivity contribution < 1.29 is 9.53 Å². The molecule has 0 heterocycles. The molecule has 0 spiro atoms. The summed E-state index contributed by atoms with van der Waals surface area (Å²) in [5.74, 6) is -0.176. The fourth-order valence-electron chi connectivity index (χ4n) is 1.27. The summed E-state index contributed by atoms with van der Waals surface area (Å²) in [5.41, 5.74) is 1.22. The van der Waals surface area contributed by atoms with E-state index in [1.807, 2.05) is 0 Å². The van der Waals surface area contributed by atoms with E-state index in [-0.39, 0.29) is 5.97 Å². The molecule has 1 rings (SSSR count). The van der Waals surface area contributed by atoms with Crippen LogP contribution in [-0.2, 0) is 16.1 Å². The molecular weight excluding hydrogens is 222 g/mol. The molecule has 16 heavy (non-hydrogen) atoms. The minimum absolute atomic E-state index is 0.176. The van der Waals surface area contributed by atoms with E-state index in [9.17, 15) is 4.79 Å². The molecule has 1 N–H and O–H groups in total. The van der Waals surface area contributed by atoms with Crippen LogP contribution in [0.2, 0.25) is 0 Å². The molecule has 88 valence electrons. The molecule has 0 aromatic heterocycles. The maximum atomic E-state index is 10.8. The first-order valence-electron chi connectivity index (χ1n) is 5.16. The molecule has 0 atom stereocenters. The van der Waals surface area contributed by atoms with Gasteiger partial charge in [0.1, 0.15) is 0 Å². The van der Waals surface area contributed by atoms with E-state index in [1.54, 1.807) is 11.8 Å². The molecule has 4 heteroatoms. The molecule has 0 amide bonds. The Morgan fingerprint density at radius 2 is 2.06 bits per heavy atom. The Hall–Kier alpha value is -1.00. The molecule has 0 saturated heterocycles. The molecule has 1 aromatic rings. The SMILES string of the molecule is COC(=O)CCNCc1ccc(SC)cc1. The van der Waals surface area contributed by atoms with Gasteiger partial charge >= 0.3 is 5.97 Å². The van der Waals surface area contributed by atoms with Crippen molar-refractivity contribution in [3.63, 3.8) is 0 Å². The van der Waals surface area contributed by atoms with E-state index in [0.29, 0.717) is 13.0 Å². The summed E-state index contributed by atoms with van der Waals surface area (Å²) >= 11 is 1.73. The van der Waals surface area contributed by atoms with Crippen LogP contribution in [0.15, 0.2) is 29.2 Å². The van der Waals surface area contributed by atoms with Crippen LogP contribution in [0.25, 0.3) is 0 Å². The van der Waals surface area contributed by atoms with Gasteiger partial charge in [0.15, 0.2) is 0 Å². The summed E-state index contributed by atoms with van der Waals surface area (Å²) in [6, 6.07) is 8.39. The number of ether oxygens (including phenoxy) is 1. The lowest BCUT2D eigenvalue weighted by atomic mass is 10.2. The Balaban J connectivity index is 2.24. The zero-order chi connectivity index (χ0) is 11.8. The van der Waals surface area contributed by atoms with Gasteiger partial charge in [0, 0.05) is 18.0 Å². The van der Waals surface area contributed by atoms with Crippen LogP contribution in [0.3, 0.4) is 0 Å². The number of carbonyl (C=O) groups is 1. The predicted octanol–water partition coefficient (Wildman–Crippen LogP) is 2.06. The average Bonchev–Trinajstić information content (AvgIpc) is 2.35. The number of methoxy groups -OCH3 is 1. The number of nitrogens with one attached hydrogen (secondary N) is 1. The molecular formula is C12H17NO2S. The highest BCUT2D eigenvalue weighted by Gasteiger charge is 1.99. The number of benzene rings is 1.